The average molecular weight is 360 g/mol. The third kappa shape index (κ3) is 5.75. The number of urea groups is 1. The summed E-state index contributed by atoms with van der Waals surface area (Å²) in [4.78, 5) is 18.3. The van der Waals surface area contributed by atoms with Crippen molar-refractivity contribution in [3.63, 3.8) is 0 Å². The Balaban J connectivity index is 1.90. The molecule has 2 amide bonds. The fraction of sp³-hybridized carbons (Fsp3) is 0.526. The number of ether oxygens (including phenoxy) is 1. The zero-order valence-electron chi connectivity index (χ0n) is 16.2. The van der Waals surface area contributed by atoms with Gasteiger partial charge >= 0.3 is 6.03 Å². The Morgan fingerprint density at radius 1 is 1.27 bits per heavy atom. The van der Waals surface area contributed by atoms with Crippen LogP contribution in [0.5, 0.6) is 5.75 Å². The Bertz CT molecular complexity index is 712. The van der Waals surface area contributed by atoms with Crippen LogP contribution in [0.15, 0.2) is 28.8 Å². The molecule has 7 heteroatoms. The van der Waals surface area contributed by atoms with Crippen molar-refractivity contribution in [2.45, 2.75) is 40.0 Å². The van der Waals surface area contributed by atoms with Gasteiger partial charge in [0.25, 0.3) is 0 Å². The third-order valence-corrected chi connectivity index (χ3v) is 3.70. The molecular formula is C19H28N4O3. The molecule has 0 atom stereocenters. The maximum absolute atomic E-state index is 12.4. The lowest BCUT2D eigenvalue weighted by atomic mass is 10.2. The Labute approximate surface area is 154 Å². The summed E-state index contributed by atoms with van der Waals surface area (Å²) in [6, 6.07) is 7.22. The van der Waals surface area contributed by atoms with E-state index in [0.29, 0.717) is 48.6 Å². The summed E-state index contributed by atoms with van der Waals surface area (Å²) in [6.45, 7) is 9.23. The first-order chi connectivity index (χ1) is 12.4. The normalized spacial score (nSPS) is 11.0. The van der Waals surface area contributed by atoms with Crippen molar-refractivity contribution in [1.82, 2.24) is 15.0 Å². The number of carbonyl (C=O) groups is 1. The second-order valence-electron chi connectivity index (χ2n) is 7.01. The van der Waals surface area contributed by atoms with Gasteiger partial charge in [-0.25, -0.2) is 4.79 Å². The Hall–Kier alpha value is -2.57. The van der Waals surface area contributed by atoms with Gasteiger partial charge in [0.15, 0.2) is 5.82 Å². The number of anilines is 1. The van der Waals surface area contributed by atoms with Gasteiger partial charge in [-0.1, -0.05) is 45.0 Å². The van der Waals surface area contributed by atoms with Crippen LogP contribution in [0.1, 0.15) is 45.3 Å². The van der Waals surface area contributed by atoms with Crippen molar-refractivity contribution >= 4 is 11.7 Å². The molecule has 0 saturated heterocycles. The molecule has 2 rings (SSSR count). The number of rotatable bonds is 8. The summed E-state index contributed by atoms with van der Waals surface area (Å²) in [5.41, 5.74) is 0.659. The van der Waals surface area contributed by atoms with E-state index in [-0.39, 0.29) is 11.9 Å². The molecule has 0 bridgehead atoms. The molecule has 0 spiro atoms. The maximum atomic E-state index is 12.4. The number of nitrogens with one attached hydrogen (secondary N) is 1. The summed E-state index contributed by atoms with van der Waals surface area (Å²) in [5, 5.41) is 6.83. The molecule has 7 nitrogen and oxygen atoms in total. The van der Waals surface area contributed by atoms with E-state index < -0.39 is 0 Å². The van der Waals surface area contributed by atoms with E-state index in [2.05, 4.69) is 29.3 Å². The molecular weight excluding hydrogens is 332 g/mol. The van der Waals surface area contributed by atoms with Crippen LogP contribution in [0.25, 0.3) is 0 Å². The molecule has 1 heterocycles. The zero-order valence-corrected chi connectivity index (χ0v) is 16.2. The SMILES string of the molecule is CC(C)COc1ccccc1NC(=O)N(C)CCc1noc(C(C)C)n1. The van der Waals surface area contributed by atoms with Gasteiger partial charge in [-0.3, -0.25) is 0 Å². The number of hydrogen-bond donors (Lipinski definition) is 1. The van der Waals surface area contributed by atoms with Crippen molar-refractivity contribution in [3.8, 4) is 5.75 Å². The quantitative estimate of drug-likeness (QED) is 0.771. The van der Waals surface area contributed by atoms with Gasteiger partial charge in [0.2, 0.25) is 5.89 Å². The fourth-order valence-corrected chi connectivity index (χ4v) is 2.14. The van der Waals surface area contributed by atoms with Crippen molar-refractivity contribution < 1.29 is 14.1 Å². The Morgan fingerprint density at radius 3 is 2.65 bits per heavy atom. The number of carbonyl (C=O) groups excluding carboxylic acids is 1. The molecule has 0 radical (unpaired) electrons. The maximum Gasteiger partial charge on any atom is 0.321 e. The number of aromatic nitrogens is 2. The summed E-state index contributed by atoms with van der Waals surface area (Å²) < 4.78 is 10.9. The molecule has 0 aliphatic rings. The second-order valence-corrected chi connectivity index (χ2v) is 7.01. The van der Waals surface area contributed by atoms with E-state index in [4.69, 9.17) is 9.26 Å². The summed E-state index contributed by atoms with van der Waals surface area (Å²) in [5.74, 6) is 2.49. The monoisotopic (exact) mass is 360 g/mol. The summed E-state index contributed by atoms with van der Waals surface area (Å²) in [7, 11) is 1.73. The highest BCUT2D eigenvalue weighted by molar-refractivity contribution is 5.90. The minimum absolute atomic E-state index is 0.194. The minimum Gasteiger partial charge on any atom is -0.491 e. The van der Waals surface area contributed by atoms with Crippen LogP contribution in [0, 0.1) is 5.92 Å². The molecule has 0 aliphatic carbocycles. The number of nitrogens with zero attached hydrogens (tertiary/aromatic N) is 3. The second kappa shape index (κ2) is 9.22. The van der Waals surface area contributed by atoms with Gasteiger partial charge in [0.1, 0.15) is 5.75 Å². The van der Waals surface area contributed by atoms with E-state index >= 15 is 0 Å². The number of hydrogen-bond acceptors (Lipinski definition) is 5. The number of amides is 2. The van der Waals surface area contributed by atoms with Crippen LogP contribution in [0.4, 0.5) is 10.5 Å². The van der Waals surface area contributed by atoms with Crippen molar-refractivity contribution in [2.24, 2.45) is 5.92 Å². The van der Waals surface area contributed by atoms with Crippen LogP contribution in [-0.2, 0) is 6.42 Å². The highest BCUT2D eigenvalue weighted by Gasteiger charge is 2.14. The Morgan fingerprint density at radius 2 is 2.00 bits per heavy atom. The van der Waals surface area contributed by atoms with Crippen molar-refractivity contribution in [1.29, 1.82) is 0 Å². The largest absolute Gasteiger partial charge is 0.491 e. The molecule has 1 aromatic carbocycles. The van der Waals surface area contributed by atoms with Crippen LogP contribution in [0.2, 0.25) is 0 Å². The standard InChI is InChI=1S/C19H28N4O3/c1-13(2)12-25-16-9-7-6-8-15(16)20-19(24)23(5)11-10-17-21-18(14(3)4)26-22-17/h6-9,13-14H,10-12H2,1-5H3,(H,20,24). The highest BCUT2D eigenvalue weighted by Crippen LogP contribution is 2.24. The van der Waals surface area contributed by atoms with E-state index in [0.717, 1.165) is 0 Å². The molecule has 142 valence electrons. The molecule has 1 aromatic heterocycles. The van der Waals surface area contributed by atoms with Crippen molar-refractivity contribution in [3.05, 3.63) is 36.0 Å². The number of likely N-dealkylation sites (N-methyl/N-ethyl adjacent to an activating group) is 1. The molecule has 0 unspecified atom stereocenters. The number of para-hydroxylation sites is 2. The zero-order chi connectivity index (χ0) is 19.1. The summed E-state index contributed by atoms with van der Waals surface area (Å²) >= 11 is 0. The van der Waals surface area contributed by atoms with Gasteiger partial charge < -0.3 is 19.5 Å². The smallest absolute Gasteiger partial charge is 0.321 e. The molecule has 0 fully saturated rings. The molecule has 0 saturated carbocycles. The van der Waals surface area contributed by atoms with Gasteiger partial charge in [0.05, 0.1) is 12.3 Å². The molecule has 0 aliphatic heterocycles. The predicted molar refractivity (Wildman–Crippen MR) is 101 cm³/mol. The first-order valence-electron chi connectivity index (χ1n) is 8.93. The first kappa shape index (κ1) is 19.8. The van der Waals surface area contributed by atoms with E-state index in [1.54, 1.807) is 11.9 Å². The third-order valence-electron chi connectivity index (χ3n) is 3.70. The topological polar surface area (TPSA) is 80.5 Å². The first-order valence-corrected chi connectivity index (χ1v) is 8.93. The van der Waals surface area contributed by atoms with Gasteiger partial charge in [0, 0.05) is 25.9 Å². The minimum atomic E-state index is -0.210. The lowest BCUT2D eigenvalue weighted by molar-refractivity contribution is 0.222. The van der Waals surface area contributed by atoms with Crippen molar-refractivity contribution in [2.75, 3.05) is 25.5 Å². The average Bonchev–Trinajstić information content (AvgIpc) is 3.08. The van der Waals surface area contributed by atoms with Gasteiger partial charge in [-0.15, -0.1) is 0 Å². The van der Waals surface area contributed by atoms with Crippen LogP contribution >= 0.6 is 0 Å². The molecule has 26 heavy (non-hydrogen) atoms. The fourth-order valence-electron chi connectivity index (χ4n) is 2.14. The van der Waals surface area contributed by atoms with Gasteiger partial charge in [-0.2, -0.15) is 4.98 Å². The molecule has 2 aromatic rings. The van der Waals surface area contributed by atoms with E-state index in [9.17, 15) is 4.79 Å². The van der Waals surface area contributed by atoms with Crippen LogP contribution in [0.3, 0.4) is 0 Å². The summed E-state index contributed by atoms with van der Waals surface area (Å²) in [6.07, 6.45) is 0.533. The van der Waals surface area contributed by atoms with E-state index in [1.165, 1.54) is 0 Å². The lowest BCUT2D eigenvalue weighted by Crippen LogP contribution is -2.33. The molecule has 1 N–H and O–H groups in total. The highest BCUT2D eigenvalue weighted by atomic mass is 16.5. The van der Waals surface area contributed by atoms with Crippen LogP contribution < -0.4 is 10.1 Å². The predicted octanol–water partition coefficient (Wildman–Crippen LogP) is 3.93. The van der Waals surface area contributed by atoms with E-state index in [1.807, 2.05) is 38.1 Å². The number of benzene rings is 1. The lowest BCUT2D eigenvalue weighted by Gasteiger charge is -2.19. The van der Waals surface area contributed by atoms with Gasteiger partial charge in [-0.05, 0) is 18.1 Å². The Kier molecular flexibility index (Phi) is 7.00. The van der Waals surface area contributed by atoms with Crippen LogP contribution in [-0.4, -0.2) is 41.3 Å².